The zero-order valence-corrected chi connectivity index (χ0v) is 16.5. The van der Waals surface area contributed by atoms with Gasteiger partial charge >= 0.3 is 0 Å². The van der Waals surface area contributed by atoms with Crippen molar-refractivity contribution in [2.45, 2.75) is 31.6 Å². The number of rotatable bonds is 4. The molecule has 1 fully saturated rings. The summed E-state index contributed by atoms with van der Waals surface area (Å²) in [5.41, 5.74) is 3.12. The number of anilines is 1. The Balaban J connectivity index is 1.76. The molecule has 1 saturated heterocycles. The number of nitrogens with zero attached hydrogens (tertiary/aromatic N) is 2. The normalized spacial score (nSPS) is 16.0. The van der Waals surface area contributed by atoms with Crippen molar-refractivity contribution in [2.24, 2.45) is 4.40 Å². The molecule has 0 radical (unpaired) electrons. The van der Waals surface area contributed by atoms with Crippen LogP contribution in [0.1, 0.15) is 34.3 Å². The molecule has 0 unspecified atom stereocenters. The molecule has 1 amide bonds. The lowest BCUT2D eigenvalue weighted by Crippen LogP contribution is -2.20. The summed E-state index contributed by atoms with van der Waals surface area (Å²) < 4.78 is 28.9. The van der Waals surface area contributed by atoms with Crippen molar-refractivity contribution in [1.82, 2.24) is 4.90 Å². The fraction of sp³-hybridized carbons (Fsp3) is 0.300. The maximum absolute atomic E-state index is 12.5. The van der Waals surface area contributed by atoms with Crippen molar-refractivity contribution >= 4 is 27.5 Å². The average Bonchev–Trinajstić information content (AvgIpc) is 2.98. The fourth-order valence-corrected chi connectivity index (χ4v) is 4.21. The van der Waals surface area contributed by atoms with Gasteiger partial charge in [-0.3, -0.25) is 4.79 Å². The number of hydrogen-bond acceptors (Lipinski definition) is 3. The van der Waals surface area contributed by atoms with Crippen LogP contribution < -0.4 is 5.32 Å². The van der Waals surface area contributed by atoms with Crippen LogP contribution in [-0.4, -0.2) is 38.7 Å². The molecule has 2 aromatic carbocycles. The van der Waals surface area contributed by atoms with E-state index in [0.29, 0.717) is 23.5 Å². The summed E-state index contributed by atoms with van der Waals surface area (Å²) >= 11 is 0. The smallest absolute Gasteiger partial charge is 0.283 e. The van der Waals surface area contributed by atoms with Gasteiger partial charge in [0.1, 0.15) is 5.84 Å². The van der Waals surface area contributed by atoms with Crippen molar-refractivity contribution in [3.63, 3.8) is 0 Å². The van der Waals surface area contributed by atoms with Crippen LogP contribution in [0.15, 0.2) is 51.8 Å². The number of carbonyl (C=O) groups is 1. The standard InChI is InChI=1S/C20H23N3O3S/c1-14-11-15(2)13-16(12-14)20(24)21-17-6-8-18(9-7-17)27(25,26)22-19-5-4-10-23(19)3/h6-9,11-13H,4-5,10H2,1-3H3,(H,21,24)/b22-19+. The number of amidine groups is 1. The number of nitrogens with one attached hydrogen (secondary N) is 1. The maximum atomic E-state index is 12.5. The lowest BCUT2D eigenvalue weighted by Gasteiger charge is -2.11. The van der Waals surface area contributed by atoms with E-state index in [1.54, 1.807) is 12.1 Å². The maximum Gasteiger partial charge on any atom is 0.283 e. The van der Waals surface area contributed by atoms with E-state index in [1.165, 1.54) is 12.1 Å². The Kier molecular flexibility index (Phi) is 5.32. The number of amides is 1. The molecule has 1 N–H and O–H groups in total. The van der Waals surface area contributed by atoms with Crippen molar-refractivity contribution in [3.05, 3.63) is 59.2 Å². The summed E-state index contributed by atoms with van der Waals surface area (Å²) in [6.45, 7) is 4.69. The molecule has 6 nitrogen and oxygen atoms in total. The number of sulfonamides is 1. The Labute approximate surface area is 160 Å². The first kappa shape index (κ1) is 19.1. The van der Waals surface area contributed by atoms with Crippen LogP contribution >= 0.6 is 0 Å². The zero-order chi connectivity index (χ0) is 19.6. The van der Waals surface area contributed by atoms with Gasteiger partial charge in [0.2, 0.25) is 0 Å². The van der Waals surface area contributed by atoms with Gasteiger partial charge in [0.25, 0.3) is 15.9 Å². The topological polar surface area (TPSA) is 78.8 Å². The van der Waals surface area contributed by atoms with Gasteiger partial charge in [0.15, 0.2) is 0 Å². The van der Waals surface area contributed by atoms with E-state index < -0.39 is 10.0 Å². The van der Waals surface area contributed by atoms with E-state index in [-0.39, 0.29) is 10.8 Å². The van der Waals surface area contributed by atoms with Crippen LogP contribution in [0.25, 0.3) is 0 Å². The molecule has 7 heteroatoms. The van der Waals surface area contributed by atoms with E-state index in [2.05, 4.69) is 9.71 Å². The summed E-state index contributed by atoms with van der Waals surface area (Å²) in [5, 5.41) is 2.79. The molecule has 142 valence electrons. The molecule has 0 bridgehead atoms. The van der Waals surface area contributed by atoms with Gasteiger partial charge in [-0.1, -0.05) is 17.2 Å². The highest BCUT2D eigenvalue weighted by Crippen LogP contribution is 2.20. The van der Waals surface area contributed by atoms with Crippen LogP contribution in [0, 0.1) is 13.8 Å². The van der Waals surface area contributed by atoms with Crippen LogP contribution in [0.5, 0.6) is 0 Å². The summed E-state index contributed by atoms with van der Waals surface area (Å²) in [5.74, 6) is 0.354. The molecule has 1 aliphatic heterocycles. The van der Waals surface area contributed by atoms with Gasteiger partial charge in [-0.15, -0.1) is 4.40 Å². The van der Waals surface area contributed by atoms with E-state index in [0.717, 1.165) is 24.1 Å². The van der Waals surface area contributed by atoms with E-state index >= 15 is 0 Å². The van der Waals surface area contributed by atoms with Crippen LogP contribution in [0.2, 0.25) is 0 Å². The molecular formula is C20H23N3O3S. The second-order valence-electron chi connectivity index (χ2n) is 6.86. The molecule has 2 aromatic rings. The first-order valence-electron chi connectivity index (χ1n) is 8.79. The highest BCUT2D eigenvalue weighted by molar-refractivity contribution is 7.90. The van der Waals surface area contributed by atoms with Crippen molar-refractivity contribution < 1.29 is 13.2 Å². The minimum Gasteiger partial charge on any atom is -0.362 e. The van der Waals surface area contributed by atoms with Crippen LogP contribution in [0.3, 0.4) is 0 Å². The quantitative estimate of drug-likeness (QED) is 0.875. The second-order valence-corrected chi connectivity index (χ2v) is 8.47. The molecule has 1 heterocycles. The third-order valence-corrected chi connectivity index (χ3v) is 5.77. The minimum atomic E-state index is -3.75. The summed E-state index contributed by atoms with van der Waals surface area (Å²) in [6.07, 6.45) is 1.58. The molecular weight excluding hydrogens is 362 g/mol. The van der Waals surface area contributed by atoms with Gasteiger partial charge in [0.05, 0.1) is 4.90 Å². The first-order valence-corrected chi connectivity index (χ1v) is 10.2. The lowest BCUT2D eigenvalue weighted by molar-refractivity contribution is 0.102. The fourth-order valence-electron chi connectivity index (χ4n) is 3.12. The van der Waals surface area contributed by atoms with E-state index in [1.807, 2.05) is 44.0 Å². The van der Waals surface area contributed by atoms with Crippen molar-refractivity contribution in [3.8, 4) is 0 Å². The zero-order valence-electron chi connectivity index (χ0n) is 15.7. The SMILES string of the molecule is Cc1cc(C)cc(C(=O)Nc2ccc(S(=O)(=O)/N=C3\CCCN3C)cc2)c1. The van der Waals surface area contributed by atoms with Gasteiger partial charge in [-0.05, 0) is 56.7 Å². The molecule has 0 atom stereocenters. The predicted molar refractivity (Wildman–Crippen MR) is 107 cm³/mol. The number of benzene rings is 2. The molecule has 3 rings (SSSR count). The van der Waals surface area contributed by atoms with Gasteiger partial charge in [-0.2, -0.15) is 8.42 Å². The van der Waals surface area contributed by atoms with Crippen molar-refractivity contribution in [1.29, 1.82) is 0 Å². The minimum absolute atomic E-state index is 0.111. The van der Waals surface area contributed by atoms with Gasteiger partial charge in [-0.25, -0.2) is 0 Å². The third-order valence-electron chi connectivity index (χ3n) is 4.45. The highest BCUT2D eigenvalue weighted by atomic mass is 32.2. The Hall–Kier alpha value is -2.67. The summed E-state index contributed by atoms with van der Waals surface area (Å²) in [4.78, 5) is 14.4. The summed E-state index contributed by atoms with van der Waals surface area (Å²) in [6, 6.07) is 11.7. The number of aryl methyl sites for hydroxylation is 2. The second kappa shape index (κ2) is 7.52. The van der Waals surface area contributed by atoms with Crippen LogP contribution in [0.4, 0.5) is 5.69 Å². The van der Waals surface area contributed by atoms with Crippen molar-refractivity contribution in [2.75, 3.05) is 18.9 Å². The Morgan fingerprint density at radius 3 is 2.26 bits per heavy atom. The monoisotopic (exact) mass is 385 g/mol. The number of likely N-dealkylation sites (tertiary alicyclic amines) is 1. The average molecular weight is 385 g/mol. The first-order chi connectivity index (χ1) is 12.7. The largest absolute Gasteiger partial charge is 0.362 e. The number of carbonyl (C=O) groups excluding carboxylic acids is 1. The third kappa shape index (κ3) is 4.54. The molecule has 0 spiro atoms. The summed E-state index contributed by atoms with van der Waals surface area (Å²) in [7, 11) is -1.91. The Bertz CT molecular complexity index is 975. The molecule has 0 aliphatic carbocycles. The van der Waals surface area contributed by atoms with Gasteiger partial charge in [0, 0.05) is 31.3 Å². The molecule has 27 heavy (non-hydrogen) atoms. The number of hydrogen-bond donors (Lipinski definition) is 1. The molecule has 0 aromatic heterocycles. The molecule has 1 aliphatic rings. The Morgan fingerprint density at radius 2 is 1.70 bits per heavy atom. The predicted octanol–water partition coefficient (Wildman–Crippen LogP) is 3.37. The molecule has 0 saturated carbocycles. The highest BCUT2D eigenvalue weighted by Gasteiger charge is 2.20. The Morgan fingerprint density at radius 1 is 1.07 bits per heavy atom. The van der Waals surface area contributed by atoms with Crippen LogP contribution in [-0.2, 0) is 10.0 Å². The van der Waals surface area contributed by atoms with Gasteiger partial charge < -0.3 is 10.2 Å². The van der Waals surface area contributed by atoms with E-state index in [9.17, 15) is 13.2 Å². The lowest BCUT2D eigenvalue weighted by atomic mass is 10.1. The van der Waals surface area contributed by atoms with E-state index in [4.69, 9.17) is 0 Å².